The molecule has 1 aromatic heterocycles. The summed E-state index contributed by atoms with van der Waals surface area (Å²) in [4.78, 5) is 4.36. The summed E-state index contributed by atoms with van der Waals surface area (Å²) >= 11 is 18.3. The highest BCUT2D eigenvalue weighted by Crippen LogP contribution is 2.32. The van der Waals surface area contributed by atoms with Crippen molar-refractivity contribution in [2.45, 2.75) is 6.92 Å². The maximum Gasteiger partial charge on any atom is 0.249 e. The number of nitrogens with one attached hydrogen (secondary N) is 2. The summed E-state index contributed by atoms with van der Waals surface area (Å²) in [6.45, 7) is 1.94. The fourth-order valence-corrected chi connectivity index (χ4v) is 2.77. The maximum atomic E-state index is 6.15. The number of aryl methyl sites for hydroxylation is 1. The fraction of sp³-hybridized carbons (Fsp3) is 0.0625. The third-order valence-corrected chi connectivity index (χ3v) is 4.07. The van der Waals surface area contributed by atoms with Crippen molar-refractivity contribution in [2.75, 3.05) is 10.6 Å². The molecule has 2 N–H and O–H groups in total. The lowest BCUT2D eigenvalue weighted by molar-refractivity contribution is 0.982. The predicted octanol–water partition coefficient (Wildman–Crippen LogP) is 5.63. The zero-order valence-corrected chi connectivity index (χ0v) is 14.8. The molecule has 24 heavy (non-hydrogen) atoms. The molecule has 0 saturated carbocycles. The number of hydrogen-bond acceptors (Lipinski definition) is 5. The van der Waals surface area contributed by atoms with Gasteiger partial charge in [0.15, 0.2) is 5.82 Å². The molecule has 0 spiro atoms. The largest absolute Gasteiger partial charge is 0.336 e. The lowest BCUT2D eigenvalue weighted by Gasteiger charge is -2.11. The van der Waals surface area contributed by atoms with E-state index in [1.807, 2.05) is 19.1 Å². The molecule has 0 bridgehead atoms. The predicted molar refractivity (Wildman–Crippen MR) is 99.0 cm³/mol. The molecule has 0 radical (unpaired) electrons. The summed E-state index contributed by atoms with van der Waals surface area (Å²) in [5.41, 5.74) is 2.38. The van der Waals surface area contributed by atoms with Gasteiger partial charge in [-0.3, -0.25) is 0 Å². The first kappa shape index (κ1) is 16.8. The Bertz CT molecular complexity index is 865. The number of benzene rings is 2. The van der Waals surface area contributed by atoms with Gasteiger partial charge in [-0.25, -0.2) is 0 Å². The molecule has 0 atom stereocenters. The number of halogens is 3. The number of hydrogen-bond donors (Lipinski definition) is 2. The Morgan fingerprint density at radius 2 is 1.71 bits per heavy atom. The Kier molecular flexibility index (Phi) is 5.04. The van der Waals surface area contributed by atoms with Gasteiger partial charge >= 0.3 is 0 Å². The number of aromatic nitrogens is 3. The summed E-state index contributed by atoms with van der Waals surface area (Å²) in [5.74, 6) is 0.808. The number of para-hydroxylation sites is 1. The van der Waals surface area contributed by atoms with Gasteiger partial charge in [-0.15, -0.1) is 5.10 Å². The standard InChI is InChI=1S/C16H12Cl3N5/c1-9-7-10(17)5-6-13(9)21-16-23-14(8-20-24-16)22-15-11(18)3-2-4-12(15)19/h2-8H,1H3,(H2,21,22,23,24). The molecule has 0 fully saturated rings. The second kappa shape index (κ2) is 7.21. The fourth-order valence-electron chi connectivity index (χ4n) is 2.05. The van der Waals surface area contributed by atoms with Gasteiger partial charge in [0.25, 0.3) is 0 Å². The van der Waals surface area contributed by atoms with Gasteiger partial charge in [0.05, 0.1) is 21.9 Å². The van der Waals surface area contributed by atoms with Gasteiger partial charge in [0.2, 0.25) is 5.95 Å². The SMILES string of the molecule is Cc1cc(Cl)ccc1Nc1nncc(Nc2c(Cl)cccc2Cl)n1. The van der Waals surface area contributed by atoms with Crippen LogP contribution in [0, 0.1) is 6.92 Å². The molecule has 0 aliphatic heterocycles. The van der Waals surface area contributed by atoms with Gasteiger partial charge in [-0.1, -0.05) is 40.9 Å². The van der Waals surface area contributed by atoms with Gasteiger partial charge in [-0.2, -0.15) is 10.1 Å². The molecular formula is C16H12Cl3N5. The molecular weight excluding hydrogens is 369 g/mol. The molecule has 122 valence electrons. The number of anilines is 4. The zero-order chi connectivity index (χ0) is 17.1. The van der Waals surface area contributed by atoms with E-state index < -0.39 is 0 Å². The third kappa shape index (κ3) is 3.87. The molecule has 0 aliphatic carbocycles. The zero-order valence-electron chi connectivity index (χ0n) is 12.5. The van der Waals surface area contributed by atoms with Crippen LogP contribution in [0.15, 0.2) is 42.6 Å². The van der Waals surface area contributed by atoms with Crippen LogP contribution in [-0.2, 0) is 0 Å². The van der Waals surface area contributed by atoms with Crippen LogP contribution in [0.2, 0.25) is 15.1 Å². The monoisotopic (exact) mass is 379 g/mol. The quantitative estimate of drug-likeness (QED) is 0.614. The highest BCUT2D eigenvalue weighted by Gasteiger charge is 2.08. The van der Waals surface area contributed by atoms with Crippen LogP contribution in [0.4, 0.5) is 23.1 Å². The minimum Gasteiger partial charge on any atom is -0.336 e. The van der Waals surface area contributed by atoms with Crippen LogP contribution >= 0.6 is 34.8 Å². The maximum absolute atomic E-state index is 6.15. The van der Waals surface area contributed by atoms with Crippen molar-refractivity contribution in [3.8, 4) is 0 Å². The summed E-state index contributed by atoms with van der Waals surface area (Å²) in [6.07, 6.45) is 1.49. The second-order valence-electron chi connectivity index (χ2n) is 4.97. The van der Waals surface area contributed by atoms with Crippen molar-refractivity contribution in [3.05, 3.63) is 63.2 Å². The van der Waals surface area contributed by atoms with E-state index in [1.165, 1.54) is 6.20 Å². The Morgan fingerprint density at radius 3 is 2.42 bits per heavy atom. The van der Waals surface area contributed by atoms with Crippen molar-refractivity contribution in [1.29, 1.82) is 0 Å². The van der Waals surface area contributed by atoms with Gasteiger partial charge < -0.3 is 10.6 Å². The van der Waals surface area contributed by atoms with Crippen molar-refractivity contribution >= 4 is 57.9 Å². The van der Waals surface area contributed by atoms with Crippen LogP contribution in [0.25, 0.3) is 0 Å². The Balaban J connectivity index is 1.84. The van der Waals surface area contributed by atoms with Crippen molar-refractivity contribution in [3.63, 3.8) is 0 Å². The van der Waals surface area contributed by atoms with Crippen LogP contribution in [0.1, 0.15) is 5.56 Å². The van der Waals surface area contributed by atoms with E-state index in [9.17, 15) is 0 Å². The molecule has 8 heteroatoms. The summed E-state index contributed by atoms with van der Waals surface area (Å²) < 4.78 is 0. The van der Waals surface area contributed by atoms with E-state index in [4.69, 9.17) is 34.8 Å². The second-order valence-corrected chi connectivity index (χ2v) is 6.22. The lowest BCUT2D eigenvalue weighted by Crippen LogP contribution is -2.03. The number of rotatable bonds is 4. The summed E-state index contributed by atoms with van der Waals surface area (Å²) in [6, 6.07) is 10.7. The van der Waals surface area contributed by atoms with E-state index in [-0.39, 0.29) is 0 Å². The molecule has 3 rings (SSSR count). The van der Waals surface area contributed by atoms with E-state index in [2.05, 4.69) is 25.8 Å². The first-order valence-corrected chi connectivity index (χ1v) is 8.10. The Hall–Kier alpha value is -2.08. The highest BCUT2D eigenvalue weighted by molar-refractivity contribution is 6.39. The lowest BCUT2D eigenvalue weighted by atomic mass is 10.2. The first-order chi connectivity index (χ1) is 11.5. The molecule has 0 aliphatic rings. The first-order valence-electron chi connectivity index (χ1n) is 6.97. The van der Waals surface area contributed by atoms with Crippen LogP contribution in [0.3, 0.4) is 0 Å². The van der Waals surface area contributed by atoms with Crippen molar-refractivity contribution < 1.29 is 0 Å². The molecule has 0 unspecified atom stereocenters. The minimum absolute atomic E-state index is 0.341. The average molecular weight is 381 g/mol. The number of nitrogens with zero attached hydrogens (tertiary/aromatic N) is 3. The van der Waals surface area contributed by atoms with Crippen molar-refractivity contribution in [2.24, 2.45) is 0 Å². The van der Waals surface area contributed by atoms with E-state index in [0.717, 1.165) is 11.3 Å². The summed E-state index contributed by atoms with van der Waals surface area (Å²) in [7, 11) is 0. The molecule has 1 heterocycles. The molecule has 0 saturated heterocycles. The Labute approximate surface area is 154 Å². The van der Waals surface area contributed by atoms with Gasteiger partial charge in [0, 0.05) is 10.7 Å². The van der Waals surface area contributed by atoms with E-state index in [1.54, 1.807) is 24.3 Å². The van der Waals surface area contributed by atoms with Crippen LogP contribution in [0.5, 0.6) is 0 Å². The van der Waals surface area contributed by atoms with Gasteiger partial charge in [0.1, 0.15) is 0 Å². The molecule has 3 aromatic rings. The topological polar surface area (TPSA) is 62.7 Å². The smallest absolute Gasteiger partial charge is 0.249 e. The van der Waals surface area contributed by atoms with Gasteiger partial charge in [-0.05, 0) is 42.8 Å². The normalized spacial score (nSPS) is 10.5. The van der Waals surface area contributed by atoms with E-state index >= 15 is 0 Å². The molecule has 2 aromatic carbocycles. The minimum atomic E-state index is 0.341. The van der Waals surface area contributed by atoms with Crippen LogP contribution in [-0.4, -0.2) is 15.2 Å². The average Bonchev–Trinajstić information content (AvgIpc) is 2.54. The highest BCUT2D eigenvalue weighted by atomic mass is 35.5. The Morgan fingerprint density at radius 1 is 0.958 bits per heavy atom. The summed E-state index contributed by atoms with van der Waals surface area (Å²) in [5, 5.41) is 15.7. The van der Waals surface area contributed by atoms with E-state index in [0.29, 0.717) is 32.5 Å². The van der Waals surface area contributed by atoms with Crippen molar-refractivity contribution in [1.82, 2.24) is 15.2 Å². The third-order valence-electron chi connectivity index (χ3n) is 3.21. The molecule has 0 amide bonds. The molecule has 5 nitrogen and oxygen atoms in total. The van der Waals surface area contributed by atoms with Crippen LogP contribution < -0.4 is 10.6 Å².